The van der Waals surface area contributed by atoms with E-state index in [1.54, 1.807) is 0 Å². The van der Waals surface area contributed by atoms with Gasteiger partial charge in [-0.05, 0) is 18.4 Å². The van der Waals surface area contributed by atoms with Crippen LogP contribution >= 0.6 is 0 Å². The van der Waals surface area contributed by atoms with Gasteiger partial charge in [0.05, 0.1) is 5.92 Å². The number of nitrogens with one attached hydrogen (secondary N) is 1. The second-order valence-electron chi connectivity index (χ2n) is 3.71. The van der Waals surface area contributed by atoms with Crippen LogP contribution in [0.15, 0.2) is 0 Å². The fraction of sp³-hybridized carbons (Fsp3) is 1.00. The van der Waals surface area contributed by atoms with E-state index >= 15 is 0 Å². The predicted molar refractivity (Wildman–Crippen MR) is 40.7 cm³/mol. The molecule has 4 heteroatoms. The van der Waals surface area contributed by atoms with Gasteiger partial charge in [0.15, 0.2) is 0 Å². The van der Waals surface area contributed by atoms with Gasteiger partial charge < -0.3 is 5.32 Å². The van der Waals surface area contributed by atoms with Crippen LogP contribution in [0.1, 0.15) is 13.8 Å². The molecule has 1 nitrogen and oxygen atoms in total. The largest absolute Gasteiger partial charge is 0.393 e. The molecule has 1 aliphatic heterocycles. The van der Waals surface area contributed by atoms with Crippen LogP contribution in [0.25, 0.3) is 0 Å². The van der Waals surface area contributed by atoms with Gasteiger partial charge in [0.2, 0.25) is 0 Å². The smallest absolute Gasteiger partial charge is 0.316 e. The van der Waals surface area contributed by atoms with E-state index in [1.165, 1.54) is 0 Å². The molecule has 0 saturated carbocycles. The molecule has 0 radical (unpaired) electrons. The zero-order chi connectivity index (χ0) is 9.35. The maximum atomic E-state index is 12.3. The standard InChI is InChI=1S/C8H14F3N/c1-5(2)6-3-12-4-7(6)8(9,10)11/h5-7,12H,3-4H2,1-2H3/t6-,7+/m0/s1. The van der Waals surface area contributed by atoms with Crippen LogP contribution in [0.3, 0.4) is 0 Å². The zero-order valence-electron chi connectivity index (χ0n) is 7.28. The van der Waals surface area contributed by atoms with E-state index in [1.807, 2.05) is 13.8 Å². The molecule has 0 spiro atoms. The quantitative estimate of drug-likeness (QED) is 0.652. The van der Waals surface area contributed by atoms with Gasteiger partial charge >= 0.3 is 6.18 Å². The molecule has 0 aromatic rings. The number of rotatable bonds is 1. The lowest BCUT2D eigenvalue weighted by Gasteiger charge is -2.23. The van der Waals surface area contributed by atoms with Crippen molar-refractivity contribution in [1.82, 2.24) is 5.32 Å². The molecule has 1 fully saturated rings. The van der Waals surface area contributed by atoms with Crippen molar-refractivity contribution in [3.05, 3.63) is 0 Å². The highest BCUT2D eigenvalue weighted by Gasteiger charge is 2.47. The second-order valence-corrected chi connectivity index (χ2v) is 3.71. The molecule has 0 aliphatic carbocycles. The van der Waals surface area contributed by atoms with Crippen LogP contribution in [-0.4, -0.2) is 19.3 Å². The minimum absolute atomic E-state index is 0.0896. The van der Waals surface area contributed by atoms with Crippen LogP contribution in [0.4, 0.5) is 13.2 Å². The average molecular weight is 181 g/mol. The molecule has 0 aromatic carbocycles. The van der Waals surface area contributed by atoms with Crippen molar-refractivity contribution >= 4 is 0 Å². The molecule has 1 rings (SSSR count). The Kier molecular flexibility index (Phi) is 2.66. The molecule has 2 atom stereocenters. The third kappa shape index (κ3) is 1.91. The van der Waals surface area contributed by atoms with Gasteiger partial charge in [0, 0.05) is 6.54 Å². The van der Waals surface area contributed by atoms with E-state index in [0.29, 0.717) is 6.54 Å². The average Bonchev–Trinajstić information content (AvgIpc) is 2.30. The first-order valence-corrected chi connectivity index (χ1v) is 4.20. The Morgan fingerprint density at radius 3 is 2.17 bits per heavy atom. The molecule has 1 N–H and O–H groups in total. The van der Waals surface area contributed by atoms with Crippen LogP contribution in [0.5, 0.6) is 0 Å². The Hall–Kier alpha value is -0.250. The molecule has 0 unspecified atom stereocenters. The van der Waals surface area contributed by atoms with Crippen LogP contribution < -0.4 is 5.32 Å². The van der Waals surface area contributed by atoms with Crippen molar-refractivity contribution in [2.75, 3.05) is 13.1 Å². The van der Waals surface area contributed by atoms with Crippen molar-refractivity contribution in [2.24, 2.45) is 17.8 Å². The number of hydrogen-bond donors (Lipinski definition) is 1. The summed E-state index contributed by atoms with van der Waals surface area (Å²) in [7, 11) is 0. The highest BCUT2D eigenvalue weighted by Crippen LogP contribution is 2.37. The van der Waals surface area contributed by atoms with Crippen molar-refractivity contribution in [3.8, 4) is 0 Å². The molecule has 72 valence electrons. The summed E-state index contributed by atoms with van der Waals surface area (Å²) in [5.41, 5.74) is 0. The van der Waals surface area contributed by atoms with Crippen LogP contribution in [0, 0.1) is 17.8 Å². The summed E-state index contributed by atoms with van der Waals surface area (Å²) in [6, 6.07) is 0. The third-order valence-electron chi connectivity index (χ3n) is 2.54. The van der Waals surface area contributed by atoms with Crippen molar-refractivity contribution in [1.29, 1.82) is 0 Å². The van der Waals surface area contributed by atoms with E-state index in [0.717, 1.165) is 0 Å². The van der Waals surface area contributed by atoms with E-state index in [4.69, 9.17) is 0 Å². The number of hydrogen-bond acceptors (Lipinski definition) is 1. The normalized spacial score (nSPS) is 31.5. The lowest BCUT2D eigenvalue weighted by atomic mass is 9.86. The maximum absolute atomic E-state index is 12.3. The minimum atomic E-state index is -4.03. The Balaban J connectivity index is 2.64. The van der Waals surface area contributed by atoms with Gasteiger partial charge in [-0.1, -0.05) is 13.8 Å². The monoisotopic (exact) mass is 181 g/mol. The van der Waals surface area contributed by atoms with Crippen LogP contribution in [0.2, 0.25) is 0 Å². The van der Waals surface area contributed by atoms with Crippen molar-refractivity contribution in [3.63, 3.8) is 0 Å². The highest BCUT2D eigenvalue weighted by molar-refractivity contribution is 4.87. The molecule has 0 amide bonds. The number of halogens is 3. The fourth-order valence-corrected chi connectivity index (χ4v) is 1.76. The summed E-state index contributed by atoms with van der Waals surface area (Å²) in [4.78, 5) is 0. The summed E-state index contributed by atoms with van der Waals surface area (Å²) in [6.45, 7) is 4.28. The summed E-state index contributed by atoms with van der Waals surface area (Å²) >= 11 is 0. The third-order valence-corrected chi connectivity index (χ3v) is 2.54. The summed E-state index contributed by atoms with van der Waals surface area (Å²) in [5.74, 6) is -1.28. The summed E-state index contributed by atoms with van der Waals surface area (Å²) in [5, 5.41) is 2.79. The van der Waals surface area contributed by atoms with E-state index in [9.17, 15) is 13.2 Å². The molecule has 0 aromatic heterocycles. The molecule has 1 heterocycles. The van der Waals surface area contributed by atoms with Gasteiger partial charge in [-0.2, -0.15) is 13.2 Å². The first-order valence-electron chi connectivity index (χ1n) is 4.20. The highest BCUT2D eigenvalue weighted by atomic mass is 19.4. The zero-order valence-corrected chi connectivity index (χ0v) is 7.28. The molecule has 12 heavy (non-hydrogen) atoms. The predicted octanol–water partition coefficient (Wildman–Crippen LogP) is 2.04. The first kappa shape index (κ1) is 9.84. The Morgan fingerprint density at radius 2 is 1.83 bits per heavy atom. The SMILES string of the molecule is CC(C)[C@@H]1CNC[C@H]1C(F)(F)F. The van der Waals surface area contributed by atoms with Gasteiger partial charge in [0.1, 0.15) is 0 Å². The van der Waals surface area contributed by atoms with Crippen molar-refractivity contribution in [2.45, 2.75) is 20.0 Å². The van der Waals surface area contributed by atoms with E-state index in [2.05, 4.69) is 5.32 Å². The molecular weight excluding hydrogens is 167 g/mol. The molecule has 1 aliphatic rings. The summed E-state index contributed by atoms with van der Waals surface area (Å²) < 4.78 is 37.0. The van der Waals surface area contributed by atoms with Gasteiger partial charge in [0.25, 0.3) is 0 Å². The topological polar surface area (TPSA) is 12.0 Å². The Morgan fingerprint density at radius 1 is 1.25 bits per heavy atom. The molecule has 0 bridgehead atoms. The Bertz CT molecular complexity index is 153. The molecular formula is C8H14F3N. The summed E-state index contributed by atoms with van der Waals surface area (Å²) in [6.07, 6.45) is -4.03. The maximum Gasteiger partial charge on any atom is 0.393 e. The number of alkyl halides is 3. The first-order chi connectivity index (χ1) is 5.43. The van der Waals surface area contributed by atoms with Crippen LogP contribution in [-0.2, 0) is 0 Å². The van der Waals surface area contributed by atoms with E-state index in [-0.39, 0.29) is 18.4 Å². The lowest BCUT2D eigenvalue weighted by Crippen LogP contribution is -2.32. The van der Waals surface area contributed by atoms with Crippen molar-refractivity contribution < 1.29 is 13.2 Å². The minimum Gasteiger partial charge on any atom is -0.316 e. The molecule has 1 saturated heterocycles. The lowest BCUT2D eigenvalue weighted by molar-refractivity contribution is -0.182. The Labute approximate surface area is 70.3 Å². The fourth-order valence-electron chi connectivity index (χ4n) is 1.76. The van der Waals surface area contributed by atoms with Gasteiger partial charge in [-0.25, -0.2) is 0 Å². The van der Waals surface area contributed by atoms with Gasteiger partial charge in [-0.15, -0.1) is 0 Å². The van der Waals surface area contributed by atoms with Gasteiger partial charge in [-0.3, -0.25) is 0 Å². The van der Waals surface area contributed by atoms with E-state index < -0.39 is 12.1 Å². The second kappa shape index (κ2) is 3.24.